The molecule has 1 heterocycles. The maximum atomic E-state index is 11.0. The van der Waals surface area contributed by atoms with Crippen molar-refractivity contribution in [3.63, 3.8) is 0 Å². The summed E-state index contributed by atoms with van der Waals surface area (Å²) >= 11 is 0. The first-order valence-corrected chi connectivity index (χ1v) is 8.79. The summed E-state index contributed by atoms with van der Waals surface area (Å²) in [6.07, 6.45) is -0.342. The molecule has 6 nitrogen and oxygen atoms in total. The zero-order chi connectivity index (χ0) is 19.9. The Morgan fingerprint density at radius 1 is 1.29 bits per heavy atom. The van der Waals surface area contributed by atoms with Crippen molar-refractivity contribution in [1.82, 2.24) is 0 Å². The third-order valence-electron chi connectivity index (χ3n) is 4.21. The molecule has 0 bridgehead atoms. The van der Waals surface area contributed by atoms with Crippen molar-refractivity contribution in [3.05, 3.63) is 53.6 Å². The van der Waals surface area contributed by atoms with Crippen LogP contribution in [0.15, 0.2) is 42.5 Å². The highest BCUT2D eigenvalue weighted by Gasteiger charge is 2.22. The minimum absolute atomic E-state index is 0.0433. The normalized spacial score (nSPS) is 15.5. The van der Waals surface area contributed by atoms with Crippen LogP contribution in [0.4, 0.5) is 0 Å². The molecule has 0 radical (unpaired) electrons. The van der Waals surface area contributed by atoms with Crippen molar-refractivity contribution in [2.24, 2.45) is 0 Å². The quantitative estimate of drug-likeness (QED) is 0.777. The highest BCUT2D eigenvalue weighted by atomic mass is 16.6. The largest absolute Gasteiger partial charge is 0.490 e. The van der Waals surface area contributed by atoms with Crippen molar-refractivity contribution in [3.8, 4) is 35.2 Å². The van der Waals surface area contributed by atoms with Crippen molar-refractivity contribution < 1.29 is 24.1 Å². The van der Waals surface area contributed by atoms with Gasteiger partial charge >= 0.3 is 5.97 Å². The first-order valence-electron chi connectivity index (χ1n) is 8.79. The molecular formula is C22H19NO5. The second kappa shape index (κ2) is 8.83. The summed E-state index contributed by atoms with van der Waals surface area (Å²) < 4.78 is 17.3. The number of carboxylic acid groups (broad SMARTS) is 1. The van der Waals surface area contributed by atoms with Crippen LogP contribution in [0.3, 0.4) is 0 Å². The van der Waals surface area contributed by atoms with Crippen LogP contribution in [0, 0.1) is 23.2 Å². The fourth-order valence-corrected chi connectivity index (χ4v) is 2.85. The van der Waals surface area contributed by atoms with E-state index in [1.807, 2.05) is 12.1 Å². The van der Waals surface area contributed by atoms with Crippen LogP contribution >= 0.6 is 0 Å². The Balaban J connectivity index is 1.60. The lowest BCUT2D eigenvalue weighted by Gasteiger charge is -2.26. The molecule has 3 rings (SSSR count). The van der Waals surface area contributed by atoms with Crippen LogP contribution < -0.4 is 14.2 Å². The fraction of sp³-hybridized carbons (Fsp3) is 0.273. The van der Waals surface area contributed by atoms with Gasteiger partial charge in [-0.3, -0.25) is 4.79 Å². The van der Waals surface area contributed by atoms with E-state index in [0.717, 1.165) is 5.56 Å². The molecule has 0 amide bonds. The molecule has 1 aliphatic rings. The highest BCUT2D eigenvalue weighted by Crippen LogP contribution is 2.32. The second-order valence-electron chi connectivity index (χ2n) is 6.25. The standard InChI is InChI=1S/C22H19NO5/c1-2-3-17(11-22(24)25)16-5-7-18(8-6-16)26-13-19-14-27-20-9-4-15(12-23)10-21(20)28-19/h4-10,17,19H,11,13-14H2,1H3,(H,24,25)/t17?,19-/m0/s1. The number of hydrogen-bond donors (Lipinski definition) is 1. The minimum Gasteiger partial charge on any atom is -0.490 e. The fourth-order valence-electron chi connectivity index (χ4n) is 2.85. The van der Waals surface area contributed by atoms with Crippen LogP contribution in [-0.2, 0) is 4.79 Å². The molecule has 28 heavy (non-hydrogen) atoms. The third kappa shape index (κ3) is 4.75. The van der Waals surface area contributed by atoms with Gasteiger partial charge in [0.15, 0.2) is 17.6 Å². The van der Waals surface area contributed by atoms with Crippen molar-refractivity contribution in [2.45, 2.75) is 25.4 Å². The Morgan fingerprint density at radius 3 is 2.75 bits per heavy atom. The van der Waals surface area contributed by atoms with Crippen LogP contribution in [0.25, 0.3) is 0 Å². The molecule has 1 unspecified atom stereocenters. The highest BCUT2D eigenvalue weighted by molar-refractivity contribution is 5.69. The van der Waals surface area contributed by atoms with Crippen LogP contribution in [-0.4, -0.2) is 30.4 Å². The molecule has 0 aromatic heterocycles. The van der Waals surface area contributed by atoms with E-state index in [2.05, 4.69) is 17.9 Å². The van der Waals surface area contributed by atoms with Crippen molar-refractivity contribution in [2.75, 3.05) is 13.2 Å². The average Bonchev–Trinajstić information content (AvgIpc) is 2.71. The lowest BCUT2D eigenvalue weighted by molar-refractivity contribution is -0.137. The monoisotopic (exact) mass is 377 g/mol. The number of rotatable bonds is 6. The summed E-state index contributed by atoms with van der Waals surface area (Å²) in [4.78, 5) is 11.0. The smallest absolute Gasteiger partial charge is 0.304 e. The Morgan fingerprint density at radius 2 is 2.07 bits per heavy atom. The van der Waals surface area contributed by atoms with Gasteiger partial charge in [0.05, 0.1) is 24.0 Å². The van der Waals surface area contributed by atoms with Crippen LogP contribution in [0.1, 0.15) is 30.4 Å². The summed E-state index contributed by atoms with van der Waals surface area (Å²) in [6.45, 7) is 2.32. The first kappa shape index (κ1) is 19.1. The second-order valence-corrected chi connectivity index (χ2v) is 6.25. The summed E-state index contributed by atoms with van der Waals surface area (Å²) in [6, 6.07) is 14.3. The van der Waals surface area contributed by atoms with E-state index in [4.69, 9.17) is 24.6 Å². The zero-order valence-electron chi connectivity index (χ0n) is 15.3. The number of benzene rings is 2. The number of fused-ring (bicyclic) bond motifs is 1. The van der Waals surface area contributed by atoms with E-state index in [-0.39, 0.29) is 25.0 Å². The van der Waals surface area contributed by atoms with Gasteiger partial charge in [-0.2, -0.15) is 5.26 Å². The van der Waals surface area contributed by atoms with Crippen molar-refractivity contribution >= 4 is 5.97 Å². The molecule has 1 N–H and O–H groups in total. The average molecular weight is 377 g/mol. The summed E-state index contributed by atoms with van der Waals surface area (Å²) in [5.41, 5.74) is 1.34. The molecule has 0 aliphatic carbocycles. The lowest BCUT2D eigenvalue weighted by atomic mass is 9.96. The first-order chi connectivity index (χ1) is 13.6. The number of ether oxygens (including phenoxy) is 3. The van der Waals surface area contributed by atoms with Gasteiger partial charge < -0.3 is 19.3 Å². The van der Waals surface area contributed by atoms with Gasteiger partial charge in [0.25, 0.3) is 0 Å². The molecule has 1 aliphatic heterocycles. The predicted molar refractivity (Wildman–Crippen MR) is 101 cm³/mol. The lowest BCUT2D eigenvalue weighted by Crippen LogP contribution is -2.34. The van der Waals surface area contributed by atoms with E-state index < -0.39 is 5.97 Å². The molecule has 0 spiro atoms. The predicted octanol–water partition coefficient (Wildman–Crippen LogP) is 3.36. The minimum atomic E-state index is -0.887. The number of aliphatic carboxylic acids is 1. The molecule has 2 aromatic carbocycles. The van der Waals surface area contributed by atoms with Gasteiger partial charge in [-0.15, -0.1) is 5.92 Å². The number of nitriles is 1. The van der Waals surface area contributed by atoms with E-state index >= 15 is 0 Å². The SMILES string of the molecule is CC#CC(CC(=O)O)c1ccc(OC[C@H]2COc3ccc(C#N)cc3O2)cc1. The maximum Gasteiger partial charge on any atom is 0.304 e. The molecule has 0 saturated carbocycles. The molecule has 142 valence electrons. The molecule has 6 heteroatoms. The number of carboxylic acids is 1. The van der Waals surface area contributed by atoms with Gasteiger partial charge in [-0.05, 0) is 36.8 Å². The molecule has 0 saturated heterocycles. The van der Waals surface area contributed by atoms with Gasteiger partial charge in [0.2, 0.25) is 0 Å². The molecule has 0 fully saturated rings. The van der Waals surface area contributed by atoms with Gasteiger partial charge in [0.1, 0.15) is 19.0 Å². The summed E-state index contributed by atoms with van der Waals surface area (Å²) in [5.74, 6) is 6.25. The van der Waals surface area contributed by atoms with Gasteiger partial charge in [0, 0.05) is 6.07 Å². The zero-order valence-corrected chi connectivity index (χ0v) is 15.3. The van der Waals surface area contributed by atoms with Crippen LogP contribution in [0.5, 0.6) is 17.2 Å². The molecule has 2 aromatic rings. The van der Waals surface area contributed by atoms with Crippen molar-refractivity contribution in [1.29, 1.82) is 5.26 Å². The van der Waals surface area contributed by atoms with E-state index in [9.17, 15) is 4.79 Å². The van der Waals surface area contributed by atoms with E-state index in [1.165, 1.54) is 0 Å². The Labute approximate surface area is 163 Å². The number of hydrogen-bond acceptors (Lipinski definition) is 5. The van der Waals surface area contributed by atoms with Gasteiger partial charge in [-0.1, -0.05) is 18.1 Å². The Bertz CT molecular complexity index is 950. The number of nitrogens with zero attached hydrogens (tertiary/aromatic N) is 1. The van der Waals surface area contributed by atoms with Crippen LogP contribution in [0.2, 0.25) is 0 Å². The number of carbonyl (C=O) groups is 1. The Hall–Kier alpha value is -3.64. The third-order valence-corrected chi connectivity index (χ3v) is 4.21. The molecular weight excluding hydrogens is 358 g/mol. The van der Waals surface area contributed by atoms with E-state index in [0.29, 0.717) is 29.4 Å². The summed E-state index contributed by atoms with van der Waals surface area (Å²) in [7, 11) is 0. The summed E-state index contributed by atoms with van der Waals surface area (Å²) in [5, 5.41) is 18.0. The topological polar surface area (TPSA) is 88.8 Å². The molecule has 2 atom stereocenters. The van der Waals surface area contributed by atoms with Gasteiger partial charge in [-0.25, -0.2) is 0 Å². The maximum absolute atomic E-state index is 11.0. The Kier molecular flexibility index (Phi) is 6.04. The van der Waals surface area contributed by atoms with E-state index in [1.54, 1.807) is 37.3 Å².